The molecule has 0 heterocycles. The molecule has 0 aromatic carbocycles. The zero-order valence-corrected chi connectivity index (χ0v) is 14.4. The molecule has 2 nitrogen and oxygen atoms in total. The van der Waals surface area contributed by atoms with Crippen LogP contribution in [0.5, 0.6) is 0 Å². The van der Waals surface area contributed by atoms with Gasteiger partial charge in [0.25, 0.3) is 0 Å². The van der Waals surface area contributed by atoms with Crippen LogP contribution in [0.3, 0.4) is 0 Å². The van der Waals surface area contributed by atoms with E-state index in [-0.39, 0.29) is 18.9 Å². The fraction of sp³-hybridized carbons (Fsp3) is 1.00. The minimum Gasteiger partial charge on any atom is -0.330 e. The molecule has 0 fully saturated rings. The number of hydrogen-bond donors (Lipinski definition) is 2. The molecule has 0 aliphatic heterocycles. The Morgan fingerprint density at radius 3 is 1.16 bits per heavy atom. The van der Waals surface area contributed by atoms with E-state index >= 15 is 0 Å². The second-order valence-corrected chi connectivity index (χ2v) is 5.30. The van der Waals surface area contributed by atoms with Crippen molar-refractivity contribution in [3.63, 3.8) is 0 Å². The van der Waals surface area contributed by atoms with E-state index in [0.717, 1.165) is 24.9 Å². The van der Waals surface area contributed by atoms with Crippen LogP contribution in [0.25, 0.3) is 0 Å². The van der Waals surface area contributed by atoms with E-state index in [4.69, 9.17) is 11.5 Å². The maximum Gasteiger partial charge on any atom is 0 e. The van der Waals surface area contributed by atoms with Crippen molar-refractivity contribution in [1.29, 1.82) is 0 Å². The fourth-order valence-corrected chi connectivity index (χ4v) is 1.96. The maximum atomic E-state index is 5.52. The first-order chi connectivity index (χ1) is 8.69. The standard InChI is InChI=1S/2C8H19N.Li/c2*1-3-5-6-8(4-2)7-9;/h2*8H,3-7,9H2,1-2H3;. The first kappa shape index (κ1) is 24.5. The minimum absolute atomic E-state index is 0. The summed E-state index contributed by atoms with van der Waals surface area (Å²) >= 11 is 0. The van der Waals surface area contributed by atoms with Gasteiger partial charge in [0.1, 0.15) is 0 Å². The third-order valence-corrected chi connectivity index (χ3v) is 3.75. The van der Waals surface area contributed by atoms with Crippen LogP contribution in [0.1, 0.15) is 79.1 Å². The van der Waals surface area contributed by atoms with Crippen LogP contribution >= 0.6 is 0 Å². The van der Waals surface area contributed by atoms with Crippen molar-refractivity contribution in [3.8, 4) is 0 Å². The van der Waals surface area contributed by atoms with Crippen LogP contribution in [-0.2, 0) is 0 Å². The number of hydrogen-bond acceptors (Lipinski definition) is 2. The average molecular weight is 265 g/mol. The van der Waals surface area contributed by atoms with Crippen molar-refractivity contribution in [3.05, 3.63) is 0 Å². The van der Waals surface area contributed by atoms with Crippen molar-refractivity contribution in [2.75, 3.05) is 13.1 Å². The molecule has 2 atom stereocenters. The zero-order chi connectivity index (χ0) is 14.2. The second-order valence-electron chi connectivity index (χ2n) is 5.30. The van der Waals surface area contributed by atoms with E-state index in [2.05, 4.69) is 27.7 Å². The maximum absolute atomic E-state index is 5.52. The van der Waals surface area contributed by atoms with Gasteiger partial charge in [-0.3, -0.25) is 0 Å². The van der Waals surface area contributed by atoms with E-state index in [1.807, 2.05) is 0 Å². The van der Waals surface area contributed by atoms with Gasteiger partial charge in [0.05, 0.1) is 0 Å². The van der Waals surface area contributed by atoms with Crippen molar-refractivity contribution in [2.24, 2.45) is 23.3 Å². The number of rotatable bonds is 10. The number of nitrogens with two attached hydrogens (primary N) is 2. The van der Waals surface area contributed by atoms with E-state index < -0.39 is 0 Å². The third-order valence-electron chi connectivity index (χ3n) is 3.75. The van der Waals surface area contributed by atoms with Crippen LogP contribution in [0.2, 0.25) is 0 Å². The van der Waals surface area contributed by atoms with Gasteiger partial charge in [-0.1, -0.05) is 66.2 Å². The van der Waals surface area contributed by atoms with Crippen LogP contribution < -0.4 is 11.5 Å². The zero-order valence-electron chi connectivity index (χ0n) is 14.4. The quantitative estimate of drug-likeness (QED) is 0.588. The Balaban J connectivity index is -0.000000256. The molecule has 0 spiro atoms. The Morgan fingerprint density at radius 1 is 0.684 bits per heavy atom. The van der Waals surface area contributed by atoms with Gasteiger partial charge in [-0.15, -0.1) is 0 Å². The van der Waals surface area contributed by atoms with Crippen LogP contribution in [0.15, 0.2) is 0 Å². The SMILES string of the molecule is CCCCC(CC)CN.CCCCC(CC)CN.[Li]. The van der Waals surface area contributed by atoms with Gasteiger partial charge in [-0.05, 0) is 37.8 Å². The van der Waals surface area contributed by atoms with Crippen molar-refractivity contribution >= 4 is 18.9 Å². The molecule has 3 heteroatoms. The molecule has 0 rings (SSSR count). The largest absolute Gasteiger partial charge is 0.330 e. The number of unbranched alkanes of at least 4 members (excludes halogenated alkanes) is 2. The molecule has 113 valence electrons. The van der Waals surface area contributed by atoms with Gasteiger partial charge < -0.3 is 11.5 Å². The summed E-state index contributed by atoms with van der Waals surface area (Å²) < 4.78 is 0. The van der Waals surface area contributed by atoms with Crippen LogP contribution in [-0.4, -0.2) is 32.0 Å². The summed E-state index contributed by atoms with van der Waals surface area (Å²) in [7, 11) is 0. The molecule has 0 aromatic rings. The van der Waals surface area contributed by atoms with E-state index in [9.17, 15) is 0 Å². The molecule has 4 N–H and O–H groups in total. The Labute approximate surface area is 134 Å². The monoisotopic (exact) mass is 265 g/mol. The Morgan fingerprint density at radius 2 is 1.00 bits per heavy atom. The van der Waals surface area contributed by atoms with E-state index in [1.165, 1.54) is 51.4 Å². The summed E-state index contributed by atoms with van der Waals surface area (Å²) in [6.07, 6.45) is 10.4. The molecule has 0 aliphatic rings. The molecule has 0 aliphatic carbocycles. The van der Waals surface area contributed by atoms with Gasteiger partial charge in [0, 0.05) is 18.9 Å². The topological polar surface area (TPSA) is 52.0 Å². The fourth-order valence-electron chi connectivity index (χ4n) is 1.96. The third kappa shape index (κ3) is 18.5. The molecule has 0 bridgehead atoms. The second kappa shape index (κ2) is 20.8. The molecular formula is C16H38LiN2. The summed E-state index contributed by atoms with van der Waals surface area (Å²) in [5.41, 5.74) is 11.0. The predicted molar refractivity (Wildman–Crippen MR) is 90.5 cm³/mol. The Hall–Kier alpha value is 0.517. The molecule has 0 saturated heterocycles. The van der Waals surface area contributed by atoms with Gasteiger partial charge in [0.2, 0.25) is 0 Å². The molecule has 1 radical (unpaired) electrons. The summed E-state index contributed by atoms with van der Waals surface area (Å²) in [5, 5.41) is 0. The molecule has 2 unspecified atom stereocenters. The first-order valence-electron chi connectivity index (χ1n) is 8.09. The molecule has 0 saturated carbocycles. The van der Waals surface area contributed by atoms with Gasteiger partial charge >= 0.3 is 0 Å². The van der Waals surface area contributed by atoms with Crippen molar-refractivity contribution < 1.29 is 0 Å². The van der Waals surface area contributed by atoms with Gasteiger partial charge in [-0.2, -0.15) is 0 Å². The van der Waals surface area contributed by atoms with Gasteiger partial charge in [0.15, 0.2) is 0 Å². The minimum atomic E-state index is 0. The smallest absolute Gasteiger partial charge is 0 e. The van der Waals surface area contributed by atoms with E-state index in [1.54, 1.807) is 0 Å². The molecule has 19 heavy (non-hydrogen) atoms. The van der Waals surface area contributed by atoms with E-state index in [0.29, 0.717) is 0 Å². The summed E-state index contributed by atoms with van der Waals surface area (Å²) in [6, 6.07) is 0. The normalized spacial score (nSPS) is 12.9. The van der Waals surface area contributed by atoms with Crippen molar-refractivity contribution in [1.82, 2.24) is 0 Å². The summed E-state index contributed by atoms with van der Waals surface area (Å²) in [5.74, 6) is 1.56. The summed E-state index contributed by atoms with van der Waals surface area (Å²) in [4.78, 5) is 0. The Bertz CT molecular complexity index is 119. The molecular weight excluding hydrogens is 227 g/mol. The average Bonchev–Trinajstić information content (AvgIpc) is 2.42. The van der Waals surface area contributed by atoms with Crippen LogP contribution in [0.4, 0.5) is 0 Å². The van der Waals surface area contributed by atoms with Gasteiger partial charge in [-0.25, -0.2) is 0 Å². The van der Waals surface area contributed by atoms with Crippen LogP contribution in [0, 0.1) is 11.8 Å². The molecule has 0 amide bonds. The predicted octanol–water partition coefficient (Wildman–Crippen LogP) is 3.94. The Kier molecular flexibility index (Phi) is 26.9. The van der Waals surface area contributed by atoms with Crippen molar-refractivity contribution in [2.45, 2.75) is 79.1 Å². The molecule has 0 aromatic heterocycles. The summed E-state index contributed by atoms with van der Waals surface area (Å²) in [6.45, 7) is 10.6. The first-order valence-corrected chi connectivity index (χ1v) is 8.09.